The maximum Gasteiger partial charge on any atom is 0.268 e. The Balaban J connectivity index is 1.83. The summed E-state index contributed by atoms with van der Waals surface area (Å²) in [6.45, 7) is 2.02. The van der Waals surface area contributed by atoms with E-state index in [4.69, 9.17) is 4.74 Å². The fourth-order valence-corrected chi connectivity index (χ4v) is 2.58. The van der Waals surface area contributed by atoms with Crippen molar-refractivity contribution in [3.63, 3.8) is 0 Å². The molecule has 2 aromatic carbocycles. The zero-order chi connectivity index (χ0) is 16.4. The van der Waals surface area contributed by atoms with Gasteiger partial charge in [-0.3, -0.25) is 4.79 Å². The minimum absolute atomic E-state index is 0.142. The summed E-state index contributed by atoms with van der Waals surface area (Å²) in [5.74, 6) is 0.129. The van der Waals surface area contributed by atoms with Gasteiger partial charge < -0.3 is 15.0 Å². The summed E-state index contributed by atoms with van der Waals surface area (Å²) in [5.41, 5.74) is 2.62. The quantitative estimate of drug-likeness (QED) is 0.774. The van der Waals surface area contributed by atoms with Gasteiger partial charge in [0.25, 0.3) is 5.91 Å². The molecule has 23 heavy (non-hydrogen) atoms. The summed E-state index contributed by atoms with van der Waals surface area (Å²) >= 11 is 0. The number of rotatable bonds is 4. The average Bonchev–Trinajstić information content (AvgIpc) is 2.90. The smallest absolute Gasteiger partial charge is 0.268 e. The van der Waals surface area contributed by atoms with Crippen LogP contribution in [0.4, 0.5) is 4.39 Å². The Morgan fingerprint density at radius 3 is 2.78 bits per heavy atom. The Morgan fingerprint density at radius 1 is 1.26 bits per heavy atom. The predicted octanol–water partition coefficient (Wildman–Crippen LogP) is 3.55. The Hall–Kier alpha value is -2.82. The van der Waals surface area contributed by atoms with Crippen molar-refractivity contribution in [3.8, 4) is 5.75 Å². The Morgan fingerprint density at radius 2 is 2.04 bits per heavy atom. The van der Waals surface area contributed by atoms with Crippen molar-refractivity contribution in [1.29, 1.82) is 0 Å². The number of benzene rings is 2. The summed E-state index contributed by atoms with van der Waals surface area (Å²) < 4.78 is 18.8. The van der Waals surface area contributed by atoms with Gasteiger partial charge in [-0.05, 0) is 30.7 Å². The summed E-state index contributed by atoms with van der Waals surface area (Å²) in [4.78, 5) is 15.5. The molecule has 3 rings (SSSR count). The molecule has 2 N–H and O–H groups in total. The first-order chi connectivity index (χ1) is 11.1. The first-order valence-electron chi connectivity index (χ1n) is 7.28. The van der Waals surface area contributed by atoms with Crippen LogP contribution in [0.2, 0.25) is 0 Å². The zero-order valence-electron chi connectivity index (χ0n) is 12.9. The molecule has 0 fully saturated rings. The van der Waals surface area contributed by atoms with Crippen LogP contribution in [-0.2, 0) is 6.54 Å². The van der Waals surface area contributed by atoms with E-state index in [1.54, 1.807) is 25.3 Å². The van der Waals surface area contributed by atoms with E-state index < -0.39 is 0 Å². The molecule has 0 radical (unpaired) electrons. The van der Waals surface area contributed by atoms with Gasteiger partial charge in [-0.25, -0.2) is 4.39 Å². The second-order valence-electron chi connectivity index (χ2n) is 5.31. The van der Waals surface area contributed by atoms with Crippen LogP contribution in [0.3, 0.4) is 0 Å². The minimum Gasteiger partial charge on any atom is -0.497 e. The number of fused-ring (bicyclic) bond motifs is 1. The molecule has 3 aromatic rings. The van der Waals surface area contributed by atoms with Crippen LogP contribution in [0.15, 0.2) is 42.5 Å². The van der Waals surface area contributed by atoms with Crippen molar-refractivity contribution in [2.45, 2.75) is 13.5 Å². The van der Waals surface area contributed by atoms with E-state index >= 15 is 0 Å². The van der Waals surface area contributed by atoms with Gasteiger partial charge in [-0.15, -0.1) is 0 Å². The largest absolute Gasteiger partial charge is 0.497 e. The molecule has 0 atom stereocenters. The van der Waals surface area contributed by atoms with Crippen molar-refractivity contribution in [2.75, 3.05) is 7.11 Å². The summed E-state index contributed by atoms with van der Waals surface area (Å²) in [7, 11) is 1.60. The predicted molar refractivity (Wildman–Crippen MR) is 87.2 cm³/mol. The maximum atomic E-state index is 13.6. The lowest BCUT2D eigenvalue weighted by atomic mass is 10.1. The number of hydrogen-bond acceptors (Lipinski definition) is 2. The van der Waals surface area contributed by atoms with Gasteiger partial charge in [0.2, 0.25) is 0 Å². The molecule has 1 aromatic heterocycles. The molecule has 0 spiro atoms. The number of aromatic nitrogens is 1. The monoisotopic (exact) mass is 312 g/mol. The molecule has 4 nitrogen and oxygen atoms in total. The number of aryl methyl sites for hydroxylation is 1. The molecule has 5 heteroatoms. The van der Waals surface area contributed by atoms with Gasteiger partial charge in [-0.2, -0.15) is 0 Å². The highest BCUT2D eigenvalue weighted by Gasteiger charge is 2.15. The summed E-state index contributed by atoms with van der Waals surface area (Å²) in [6.07, 6.45) is 0. The minimum atomic E-state index is -0.328. The number of H-pyrrole nitrogens is 1. The van der Waals surface area contributed by atoms with Crippen LogP contribution in [0.5, 0.6) is 5.75 Å². The van der Waals surface area contributed by atoms with E-state index in [0.29, 0.717) is 11.3 Å². The van der Waals surface area contributed by atoms with Gasteiger partial charge in [0, 0.05) is 29.1 Å². The van der Waals surface area contributed by atoms with Crippen molar-refractivity contribution in [2.24, 2.45) is 0 Å². The van der Waals surface area contributed by atoms with Gasteiger partial charge in [0.1, 0.15) is 17.3 Å². The van der Waals surface area contributed by atoms with E-state index in [1.165, 1.54) is 6.07 Å². The van der Waals surface area contributed by atoms with Crippen LogP contribution in [-0.4, -0.2) is 18.0 Å². The highest BCUT2D eigenvalue weighted by Crippen LogP contribution is 2.25. The zero-order valence-corrected chi connectivity index (χ0v) is 12.9. The van der Waals surface area contributed by atoms with Gasteiger partial charge in [0.05, 0.1) is 7.11 Å². The van der Waals surface area contributed by atoms with Gasteiger partial charge >= 0.3 is 0 Å². The number of carbonyl (C=O) groups excluding carboxylic acids is 1. The van der Waals surface area contributed by atoms with Crippen LogP contribution in [0.1, 0.15) is 21.6 Å². The SMILES string of the molecule is COc1ccc2c(C)c(C(=O)NCc3ccccc3F)[nH]c2c1. The Bertz CT molecular complexity index is 871. The molecule has 118 valence electrons. The Labute approximate surface area is 133 Å². The highest BCUT2D eigenvalue weighted by molar-refractivity contribution is 6.01. The lowest BCUT2D eigenvalue weighted by molar-refractivity contribution is 0.0946. The number of ether oxygens (including phenoxy) is 1. The molecular weight excluding hydrogens is 295 g/mol. The topological polar surface area (TPSA) is 54.1 Å². The van der Waals surface area contributed by atoms with Crippen LogP contribution in [0, 0.1) is 12.7 Å². The van der Waals surface area contributed by atoms with E-state index in [1.807, 2.05) is 25.1 Å². The van der Waals surface area contributed by atoms with Gasteiger partial charge in [-0.1, -0.05) is 18.2 Å². The van der Waals surface area contributed by atoms with Crippen LogP contribution in [0.25, 0.3) is 10.9 Å². The molecular formula is C18H17FN2O2. The maximum absolute atomic E-state index is 13.6. The van der Waals surface area contributed by atoms with Crippen molar-refractivity contribution in [1.82, 2.24) is 10.3 Å². The second-order valence-corrected chi connectivity index (χ2v) is 5.31. The third-order valence-electron chi connectivity index (χ3n) is 3.89. The van der Waals surface area contributed by atoms with E-state index in [0.717, 1.165) is 22.2 Å². The highest BCUT2D eigenvalue weighted by atomic mass is 19.1. The molecule has 0 saturated heterocycles. The standard InChI is InChI=1S/C18H17FN2O2/c1-11-14-8-7-13(23-2)9-16(14)21-17(11)18(22)20-10-12-5-3-4-6-15(12)19/h3-9,21H,10H2,1-2H3,(H,20,22). The van der Waals surface area contributed by atoms with Crippen molar-refractivity contribution in [3.05, 3.63) is 65.1 Å². The van der Waals surface area contributed by atoms with Gasteiger partial charge in [0.15, 0.2) is 0 Å². The third-order valence-corrected chi connectivity index (χ3v) is 3.89. The lowest BCUT2D eigenvalue weighted by Crippen LogP contribution is -2.24. The Kier molecular flexibility index (Phi) is 4.02. The summed E-state index contributed by atoms with van der Waals surface area (Å²) in [6, 6.07) is 12.0. The van der Waals surface area contributed by atoms with Crippen LogP contribution < -0.4 is 10.1 Å². The lowest BCUT2D eigenvalue weighted by Gasteiger charge is -2.06. The third kappa shape index (κ3) is 2.90. The fourth-order valence-electron chi connectivity index (χ4n) is 2.58. The molecule has 0 unspecified atom stereocenters. The number of methoxy groups -OCH3 is 1. The van der Waals surface area contributed by atoms with E-state index in [-0.39, 0.29) is 18.3 Å². The average molecular weight is 312 g/mol. The van der Waals surface area contributed by atoms with Crippen molar-refractivity contribution < 1.29 is 13.9 Å². The molecule has 0 aliphatic rings. The normalized spacial score (nSPS) is 10.7. The number of carbonyl (C=O) groups is 1. The molecule has 0 bridgehead atoms. The fraction of sp³-hybridized carbons (Fsp3) is 0.167. The number of nitrogens with one attached hydrogen (secondary N) is 2. The van der Waals surface area contributed by atoms with E-state index in [2.05, 4.69) is 10.3 Å². The first kappa shape index (κ1) is 15.1. The molecule has 1 amide bonds. The molecule has 0 saturated carbocycles. The number of aromatic amines is 1. The second kappa shape index (κ2) is 6.12. The van der Waals surface area contributed by atoms with Crippen LogP contribution >= 0.6 is 0 Å². The number of halogens is 1. The van der Waals surface area contributed by atoms with E-state index in [9.17, 15) is 9.18 Å². The number of amides is 1. The molecule has 1 heterocycles. The molecule has 0 aliphatic heterocycles. The molecule has 0 aliphatic carbocycles. The number of hydrogen-bond donors (Lipinski definition) is 2. The van der Waals surface area contributed by atoms with Crippen molar-refractivity contribution >= 4 is 16.8 Å². The summed E-state index contributed by atoms with van der Waals surface area (Å²) in [5, 5.41) is 3.71. The first-order valence-corrected chi connectivity index (χ1v) is 7.28.